The average molecular weight is 308 g/mol. The molecule has 0 radical (unpaired) electrons. The van der Waals surface area contributed by atoms with Gasteiger partial charge in [-0.25, -0.2) is 0 Å². The van der Waals surface area contributed by atoms with Crippen molar-refractivity contribution in [3.05, 3.63) is 48.5 Å². The summed E-state index contributed by atoms with van der Waals surface area (Å²) in [5.74, 6) is 0.705. The van der Waals surface area contributed by atoms with E-state index in [2.05, 4.69) is 4.74 Å². The van der Waals surface area contributed by atoms with E-state index in [9.17, 15) is 13.2 Å². The van der Waals surface area contributed by atoms with Crippen LogP contribution >= 0.6 is 0 Å². The van der Waals surface area contributed by atoms with E-state index >= 15 is 0 Å². The predicted molar refractivity (Wildman–Crippen MR) is 74.9 cm³/mol. The van der Waals surface area contributed by atoms with E-state index in [1.165, 1.54) is 25.3 Å². The molecule has 1 aromatic heterocycles. The SMILES string of the molecule is COc1cccc2cc(-c3cccc(OC(F)(F)F)c3)oc12. The number of alkyl halides is 3. The van der Waals surface area contributed by atoms with Crippen molar-refractivity contribution in [2.75, 3.05) is 7.11 Å². The summed E-state index contributed by atoms with van der Waals surface area (Å²) in [6.45, 7) is 0. The van der Waals surface area contributed by atoms with Crippen molar-refractivity contribution in [1.82, 2.24) is 0 Å². The van der Waals surface area contributed by atoms with E-state index in [0.717, 1.165) is 5.39 Å². The average Bonchev–Trinajstić information content (AvgIpc) is 2.89. The van der Waals surface area contributed by atoms with Gasteiger partial charge in [0.15, 0.2) is 11.3 Å². The highest BCUT2D eigenvalue weighted by Crippen LogP contribution is 2.35. The molecule has 2 aromatic carbocycles. The molecule has 0 N–H and O–H groups in total. The molecule has 114 valence electrons. The van der Waals surface area contributed by atoms with E-state index in [4.69, 9.17) is 9.15 Å². The molecule has 0 amide bonds. The molecule has 0 bridgehead atoms. The number of benzene rings is 2. The quantitative estimate of drug-likeness (QED) is 0.682. The van der Waals surface area contributed by atoms with Gasteiger partial charge in [-0.05, 0) is 24.3 Å². The van der Waals surface area contributed by atoms with Crippen LogP contribution in [-0.4, -0.2) is 13.5 Å². The van der Waals surface area contributed by atoms with Crippen LogP contribution in [0.5, 0.6) is 11.5 Å². The van der Waals surface area contributed by atoms with Crippen LogP contribution in [-0.2, 0) is 0 Å². The summed E-state index contributed by atoms with van der Waals surface area (Å²) in [5, 5.41) is 0.802. The first kappa shape index (κ1) is 14.3. The molecule has 0 saturated carbocycles. The highest BCUT2D eigenvalue weighted by Gasteiger charge is 2.31. The van der Waals surface area contributed by atoms with E-state index in [1.807, 2.05) is 12.1 Å². The number of fused-ring (bicyclic) bond motifs is 1. The molecule has 0 aliphatic rings. The van der Waals surface area contributed by atoms with Crippen LogP contribution in [0.1, 0.15) is 0 Å². The van der Waals surface area contributed by atoms with Gasteiger partial charge in [-0.1, -0.05) is 24.3 Å². The molecule has 3 nitrogen and oxygen atoms in total. The molecule has 0 fully saturated rings. The lowest BCUT2D eigenvalue weighted by Gasteiger charge is -2.09. The summed E-state index contributed by atoms with van der Waals surface area (Å²) in [4.78, 5) is 0. The Hall–Kier alpha value is -2.63. The third-order valence-electron chi connectivity index (χ3n) is 3.08. The van der Waals surface area contributed by atoms with Gasteiger partial charge in [0.25, 0.3) is 0 Å². The summed E-state index contributed by atoms with van der Waals surface area (Å²) in [6, 6.07) is 12.8. The van der Waals surface area contributed by atoms with Crippen LogP contribution < -0.4 is 9.47 Å². The minimum atomic E-state index is -4.73. The second kappa shape index (κ2) is 5.29. The standard InChI is InChI=1S/C16H11F3O3/c1-20-13-7-3-5-11-9-14(21-15(11)13)10-4-2-6-12(8-10)22-16(17,18)19/h2-9H,1H3. The summed E-state index contributed by atoms with van der Waals surface area (Å²) in [6.07, 6.45) is -4.73. The van der Waals surface area contributed by atoms with Gasteiger partial charge in [-0.2, -0.15) is 0 Å². The number of hydrogen-bond donors (Lipinski definition) is 0. The van der Waals surface area contributed by atoms with Crippen molar-refractivity contribution in [3.63, 3.8) is 0 Å². The molecule has 22 heavy (non-hydrogen) atoms. The second-order valence-electron chi connectivity index (χ2n) is 4.56. The molecule has 0 spiro atoms. The topological polar surface area (TPSA) is 31.6 Å². The van der Waals surface area contributed by atoms with Gasteiger partial charge in [0.1, 0.15) is 11.5 Å². The largest absolute Gasteiger partial charge is 0.573 e. The number of rotatable bonds is 3. The lowest BCUT2D eigenvalue weighted by molar-refractivity contribution is -0.274. The monoisotopic (exact) mass is 308 g/mol. The van der Waals surface area contributed by atoms with Gasteiger partial charge < -0.3 is 13.9 Å². The molecule has 0 atom stereocenters. The molecule has 0 saturated heterocycles. The zero-order valence-corrected chi connectivity index (χ0v) is 11.5. The maximum atomic E-state index is 12.3. The van der Waals surface area contributed by atoms with Gasteiger partial charge in [0, 0.05) is 10.9 Å². The third kappa shape index (κ3) is 2.86. The highest BCUT2D eigenvalue weighted by atomic mass is 19.4. The van der Waals surface area contributed by atoms with Gasteiger partial charge in [0.2, 0.25) is 0 Å². The van der Waals surface area contributed by atoms with Crippen molar-refractivity contribution in [3.8, 4) is 22.8 Å². The van der Waals surface area contributed by atoms with Crippen LogP contribution in [0.25, 0.3) is 22.3 Å². The fraction of sp³-hybridized carbons (Fsp3) is 0.125. The number of methoxy groups -OCH3 is 1. The number of ether oxygens (including phenoxy) is 2. The molecular weight excluding hydrogens is 297 g/mol. The Morgan fingerprint density at radius 2 is 1.77 bits per heavy atom. The first-order valence-electron chi connectivity index (χ1n) is 6.39. The van der Waals surface area contributed by atoms with Crippen molar-refractivity contribution in [2.45, 2.75) is 6.36 Å². The Morgan fingerprint density at radius 3 is 2.50 bits per heavy atom. The van der Waals surface area contributed by atoms with Gasteiger partial charge in [-0.15, -0.1) is 13.2 Å². The molecule has 0 aliphatic heterocycles. The molecular formula is C16H11F3O3. The Kier molecular flexibility index (Phi) is 3.44. The fourth-order valence-electron chi connectivity index (χ4n) is 2.19. The normalized spacial score (nSPS) is 11.6. The number of hydrogen-bond acceptors (Lipinski definition) is 3. The predicted octanol–water partition coefficient (Wildman–Crippen LogP) is 5.01. The Morgan fingerprint density at radius 1 is 1.00 bits per heavy atom. The van der Waals surface area contributed by atoms with Crippen molar-refractivity contribution < 1.29 is 27.1 Å². The number of para-hydroxylation sites is 1. The van der Waals surface area contributed by atoms with Gasteiger partial charge in [-0.3, -0.25) is 0 Å². The van der Waals surface area contributed by atoms with E-state index < -0.39 is 6.36 Å². The Labute approximate surface area is 123 Å². The lowest BCUT2D eigenvalue weighted by Crippen LogP contribution is -2.17. The molecule has 6 heteroatoms. The maximum absolute atomic E-state index is 12.3. The lowest BCUT2D eigenvalue weighted by atomic mass is 10.1. The minimum Gasteiger partial charge on any atom is -0.493 e. The van der Waals surface area contributed by atoms with Crippen molar-refractivity contribution in [2.24, 2.45) is 0 Å². The molecule has 0 unspecified atom stereocenters. The Bertz CT molecular complexity index is 806. The maximum Gasteiger partial charge on any atom is 0.573 e. The van der Waals surface area contributed by atoms with Gasteiger partial charge >= 0.3 is 6.36 Å². The van der Waals surface area contributed by atoms with Crippen molar-refractivity contribution in [1.29, 1.82) is 0 Å². The Balaban J connectivity index is 2.02. The summed E-state index contributed by atoms with van der Waals surface area (Å²) < 4.78 is 51.7. The van der Waals surface area contributed by atoms with Crippen LogP contribution in [0.15, 0.2) is 52.9 Å². The summed E-state index contributed by atoms with van der Waals surface area (Å²) in [5.41, 5.74) is 1.03. The fourth-order valence-corrected chi connectivity index (χ4v) is 2.19. The summed E-state index contributed by atoms with van der Waals surface area (Å²) >= 11 is 0. The molecule has 1 heterocycles. The third-order valence-corrected chi connectivity index (χ3v) is 3.08. The molecule has 0 aliphatic carbocycles. The molecule has 3 aromatic rings. The van der Waals surface area contributed by atoms with Crippen LogP contribution in [0, 0.1) is 0 Å². The first-order chi connectivity index (χ1) is 10.5. The highest BCUT2D eigenvalue weighted by molar-refractivity contribution is 5.87. The smallest absolute Gasteiger partial charge is 0.493 e. The zero-order valence-electron chi connectivity index (χ0n) is 11.5. The zero-order chi connectivity index (χ0) is 15.7. The number of halogens is 3. The van der Waals surface area contributed by atoms with E-state index in [-0.39, 0.29) is 5.75 Å². The van der Waals surface area contributed by atoms with Crippen molar-refractivity contribution >= 4 is 11.0 Å². The molecule has 3 rings (SSSR count). The number of furan rings is 1. The van der Waals surface area contributed by atoms with Crippen LogP contribution in [0.4, 0.5) is 13.2 Å². The van der Waals surface area contributed by atoms with Gasteiger partial charge in [0.05, 0.1) is 7.11 Å². The first-order valence-corrected chi connectivity index (χ1v) is 6.39. The van der Waals surface area contributed by atoms with Crippen LogP contribution in [0.2, 0.25) is 0 Å². The second-order valence-corrected chi connectivity index (χ2v) is 4.56. The minimum absolute atomic E-state index is 0.294. The van der Waals surface area contributed by atoms with Crippen LogP contribution in [0.3, 0.4) is 0 Å². The summed E-state index contributed by atoms with van der Waals surface area (Å²) in [7, 11) is 1.52. The van der Waals surface area contributed by atoms with E-state index in [0.29, 0.717) is 22.7 Å². The van der Waals surface area contributed by atoms with E-state index in [1.54, 1.807) is 18.2 Å².